The summed E-state index contributed by atoms with van der Waals surface area (Å²) in [5, 5.41) is 3.10. The zero-order valence-electron chi connectivity index (χ0n) is 15.3. The van der Waals surface area contributed by atoms with Crippen LogP contribution in [0.4, 0.5) is 18.9 Å². The zero-order chi connectivity index (χ0) is 19.3. The van der Waals surface area contributed by atoms with E-state index in [1.165, 1.54) is 17.5 Å². The van der Waals surface area contributed by atoms with E-state index in [0.29, 0.717) is 18.1 Å². The monoisotopic (exact) mass is 505 g/mol. The van der Waals surface area contributed by atoms with Gasteiger partial charge in [-0.05, 0) is 53.6 Å². The highest BCUT2D eigenvalue weighted by Gasteiger charge is 2.27. The molecular formula is C20H23F3IN3O. The minimum Gasteiger partial charge on any atom is -0.370 e. The van der Waals surface area contributed by atoms with Crippen molar-refractivity contribution >= 4 is 35.6 Å². The first kappa shape index (κ1) is 22.5. The van der Waals surface area contributed by atoms with Gasteiger partial charge in [0.05, 0.1) is 13.2 Å². The summed E-state index contributed by atoms with van der Waals surface area (Å²) in [5.74, 6) is 0.325. The van der Waals surface area contributed by atoms with Gasteiger partial charge in [0.2, 0.25) is 0 Å². The maximum absolute atomic E-state index is 12.1. The minimum absolute atomic E-state index is 0. The Hall–Kier alpha value is -1.81. The van der Waals surface area contributed by atoms with E-state index < -0.39 is 12.8 Å². The van der Waals surface area contributed by atoms with E-state index in [4.69, 9.17) is 5.73 Å². The minimum atomic E-state index is -4.31. The summed E-state index contributed by atoms with van der Waals surface area (Å²) in [6.45, 7) is -0.942. The molecule has 1 aliphatic rings. The van der Waals surface area contributed by atoms with Gasteiger partial charge in [-0.25, -0.2) is 4.99 Å². The Labute approximate surface area is 179 Å². The number of nitrogens with two attached hydrogens (primary N) is 1. The van der Waals surface area contributed by atoms with Crippen molar-refractivity contribution in [2.24, 2.45) is 10.7 Å². The standard InChI is InChI=1S/C20H22F3N3O.HI/c21-20(22,23)13-27-12-15-6-4-14(5-7-15)11-25-19(24)26-18-9-8-16-2-1-3-17(16)10-18;/h4-10H,1-3,11-13H2,(H3,24,25,26);1H. The molecule has 0 atom stereocenters. The molecule has 0 heterocycles. The number of rotatable bonds is 6. The molecule has 0 saturated carbocycles. The van der Waals surface area contributed by atoms with Crippen molar-refractivity contribution in [3.05, 3.63) is 64.7 Å². The first-order valence-electron chi connectivity index (χ1n) is 8.80. The van der Waals surface area contributed by atoms with Gasteiger partial charge < -0.3 is 15.8 Å². The number of hydrogen-bond acceptors (Lipinski definition) is 2. The second kappa shape index (κ2) is 10.1. The second-order valence-corrected chi connectivity index (χ2v) is 6.59. The smallest absolute Gasteiger partial charge is 0.370 e. The van der Waals surface area contributed by atoms with Crippen molar-refractivity contribution in [2.75, 3.05) is 11.9 Å². The number of ether oxygens (including phenoxy) is 1. The molecule has 2 aromatic rings. The van der Waals surface area contributed by atoms with Crippen molar-refractivity contribution < 1.29 is 17.9 Å². The van der Waals surface area contributed by atoms with E-state index in [9.17, 15) is 13.2 Å². The fourth-order valence-corrected chi connectivity index (χ4v) is 3.04. The second-order valence-electron chi connectivity index (χ2n) is 6.59. The lowest BCUT2D eigenvalue weighted by molar-refractivity contribution is -0.176. The Morgan fingerprint density at radius 1 is 1.04 bits per heavy atom. The van der Waals surface area contributed by atoms with Crippen molar-refractivity contribution in [1.82, 2.24) is 0 Å². The number of nitrogens with zero attached hydrogens (tertiary/aromatic N) is 1. The quantitative estimate of drug-likeness (QED) is 0.337. The number of aryl methyl sites for hydroxylation is 2. The SMILES string of the molecule is I.NC(=NCc1ccc(COCC(F)(F)F)cc1)Nc1ccc2c(c1)CCC2. The van der Waals surface area contributed by atoms with Crippen LogP contribution in [0.5, 0.6) is 0 Å². The van der Waals surface area contributed by atoms with Crippen LogP contribution < -0.4 is 11.1 Å². The van der Waals surface area contributed by atoms with Crippen LogP contribution in [0.2, 0.25) is 0 Å². The number of nitrogens with one attached hydrogen (secondary N) is 1. The summed E-state index contributed by atoms with van der Waals surface area (Å²) in [7, 11) is 0. The van der Waals surface area contributed by atoms with Gasteiger partial charge in [0, 0.05) is 5.69 Å². The molecule has 4 nitrogen and oxygen atoms in total. The number of fused-ring (bicyclic) bond motifs is 1. The molecule has 1 aliphatic carbocycles. The number of benzene rings is 2. The van der Waals surface area contributed by atoms with Gasteiger partial charge in [-0.2, -0.15) is 13.2 Å². The van der Waals surface area contributed by atoms with Gasteiger partial charge in [-0.3, -0.25) is 0 Å². The largest absolute Gasteiger partial charge is 0.411 e. The highest BCUT2D eigenvalue weighted by molar-refractivity contribution is 14.0. The zero-order valence-corrected chi connectivity index (χ0v) is 17.6. The maximum Gasteiger partial charge on any atom is 0.411 e. The number of anilines is 1. The maximum atomic E-state index is 12.1. The summed E-state index contributed by atoms with van der Waals surface area (Å²) < 4.78 is 40.8. The molecule has 0 saturated heterocycles. The number of alkyl halides is 3. The molecule has 152 valence electrons. The number of aliphatic imine (C=N–C) groups is 1. The van der Waals surface area contributed by atoms with E-state index in [2.05, 4.69) is 27.2 Å². The van der Waals surface area contributed by atoms with E-state index in [1.807, 2.05) is 6.07 Å². The lowest BCUT2D eigenvalue weighted by Gasteiger charge is -2.09. The van der Waals surface area contributed by atoms with E-state index in [0.717, 1.165) is 24.1 Å². The molecular weight excluding hydrogens is 482 g/mol. The number of halogens is 4. The van der Waals surface area contributed by atoms with Gasteiger partial charge in [-0.15, -0.1) is 24.0 Å². The molecule has 8 heteroatoms. The molecule has 3 rings (SSSR count). The highest BCUT2D eigenvalue weighted by atomic mass is 127. The van der Waals surface area contributed by atoms with Crippen molar-refractivity contribution in [2.45, 2.75) is 38.6 Å². The van der Waals surface area contributed by atoms with Gasteiger partial charge >= 0.3 is 6.18 Å². The van der Waals surface area contributed by atoms with E-state index in [1.54, 1.807) is 24.3 Å². The summed E-state index contributed by atoms with van der Waals surface area (Å²) in [5.41, 5.74) is 11.2. The van der Waals surface area contributed by atoms with Gasteiger partial charge in [-0.1, -0.05) is 30.3 Å². The summed E-state index contributed by atoms with van der Waals surface area (Å²) >= 11 is 0. The average Bonchev–Trinajstić information content (AvgIpc) is 3.08. The van der Waals surface area contributed by atoms with Gasteiger partial charge in [0.25, 0.3) is 0 Å². The van der Waals surface area contributed by atoms with Gasteiger partial charge in [0.15, 0.2) is 5.96 Å². The third kappa shape index (κ3) is 6.97. The molecule has 0 bridgehead atoms. The normalized spacial score (nSPS) is 13.8. The molecule has 0 spiro atoms. The predicted molar refractivity (Wildman–Crippen MR) is 115 cm³/mol. The Bertz CT molecular complexity index is 807. The molecule has 2 aromatic carbocycles. The topological polar surface area (TPSA) is 59.6 Å². The Morgan fingerprint density at radius 3 is 2.43 bits per heavy atom. The van der Waals surface area contributed by atoms with Crippen molar-refractivity contribution in [3.8, 4) is 0 Å². The van der Waals surface area contributed by atoms with Crippen LogP contribution in [-0.4, -0.2) is 18.7 Å². The first-order valence-corrected chi connectivity index (χ1v) is 8.80. The van der Waals surface area contributed by atoms with E-state index >= 15 is 0 Å². The van der Waals surface area contributed by atoms with Crippen LogP contribution in [-0.2, 0) is 30.7 Å². The number of hydrogen-bond donors (Lipinski definition) is 2. The van der Waals surface area contributed by atoms with E-state index in [-0.39, 0.29) is 30.6 Å². The summed E-state index contributed by atoms with van der Waals surface area (Å²) in [4.78, 5) is 4.31. The van der Waals surface area contributed by atoms with Crippen molar-refractivity contribution in [3.63, 3.8) is 0 Å². The fraction of sp³-hybridized carbons (Fsp3) is 0.350. The third-order valence-electron chi connectivity index (χ3n) is 4.36. The lowest BCUT2D eigenvalue weighted by atomic mass is 10.1. The van der Waals surface area contributed by atoms with Crippen LogP contribution in [0.25, 0.3) is 0 Å². The molecule has 0 amide bonds. The molecule has 0 aliphatic heterocycles. The Kier molecular flexibility index (Phi) is 8.11. The van der Waals surface area contributed by atoms with Gasteiger partial charge in [0.1, 0.15) is 6.61 Å². The Balaban J connectivity index is 0.00000280. The van der Waals surface area contributed by atoms with Crippen LogP contribution in [0.1, 0.15) is 28.7 Å². The molecule has 28 heavy (non-hydrogen) atoms. The van der Waals surface area contributed by atoms with Crippen LogP contribution in [0.3, 0.4) is 0 Å². The number of guanidine groups is 1. The van der Waals surface area contributed by atoms with Crippen molar-refractivity contribution in [1.29, 1.82) is 0 Å². The molecule has 0 aromatic heterocycles. The third-order valence-corrected chi connectivity index (χ3v) is 4.36. The first-order chi connectivity index (χ1) is 12.9. The molecule has 0 unspecified atom stereocenters. The lowest BCUT2D eigenvalue weighted by Crippen LogP contribution is -2.22. The summed E-state index contributed by atoms with van der Waals surface area (Å²) in [6, 6.07) is 13.3. The Morgan fingerprint density at radius 2 is 1.71 bits per heavy atom. The van der Waals surface area contributed by atoms with Crippen LogP contribution in [0, 0.1) is 0 Å². The fourth-order valence-electron chi connectivity index (χ4n) is 3.04. The van der Waals surface area contributed by atoms with Crippen LogP contribution >= 0.6 is 24.0 Å². The molecule has 0 fully saturated rings. The molecule has 0 radical (unpaired) electrons. The molecule has 3 N–H and O–H groups in total. The average molecular weight is 505 g/mol. The van der Waals surface area contributed by atoms with Crippen LogP contribution in [0.15, 0.2) is 47.5 Å². The highest BCUT2D eigenvalue weighted by Crippen LogP contribution is 2.24. The summed E-state index contributed by atoms with van der Waals surface area (Å²) in [6.07, 6.45) is -0.880. The predicted octanol–water partition coefficient (Wildman–Crippen LogP) is 4.80.